The second kappa shape index (κ2) is 5.38. The summed E-state index contributed by atoms with van der Waals surface area (Å²) in [6.07, 6.45) is -1.20. The van der Waals surface area contributed by atoms with E-state index >= 15 is 0 Å². The lowest BCUT2D eigenvalue weighted by molar-refractivity contribution is -0.0827. The summed E-state index contributed by atoms with van der Waals surface area (Å²) in [6.45, 7) is 4.92. The lowest BCUT2D eigenvalue weighted by atomic mass is 9.97. The smallest absolute Gasteiger partial charge is 0.410 e. The van der Waals surface area contributed by atoms with Gasteiger partial charge in [0.2, 0.25) is 0 Å². The molecule has 1 aliphatic heterocycles. The molecule has 0 unspecified atom stereocenters. The Morgan fingerprint density at radius 2 is 2.11 bits per heavy atom. The minimum atomic E-state index is -2.77. The number of carbonyl (C=O) groups excluding carboxylic acids is 1. The van der Waals surface area contributed by atoms with Crippen molar-refractivity contribution in [3.8, 4) is 0 Å². The van der Waals surface area contributed by atoms with Crippen molar-refractivity contribution in [1.82, 2.24) is 4.90 Å². The number of nitrogens with zero attached hydrogens (tertiary/aromatic N) is 1. The van der Waals surface area contributed by atoms with E-state index in [0.29, 0.717) is 0 Å². The normalized spacial score (nSPS) is 23.9. The number of aliphatic hydroxyl groups is 1. The van der Waals surface area contributed by atoms with Gasteiger partial charge in [-0.1, -0.05) is 0 Å². The van der Waals surface area contributed by atoms with Crippen LogP contribution in [0, 0.1) is 0 Å². The fourth-order valence-electron chi connectivity index (χ4n) is 1.99. The first-order valence-electron chi connectivity index (χ1n) is 6.13. The number of likely N-dealkylation sites (tertiary alicyclic amines) is 1. The number of piperidine rings is 1. The number of amides is 1. The van der Waals surface area contributed by atoms with Crippen molar-refractivity contribution in [2.45, 2.75) is 57.6 Å². The third-order valence-electron chi connectivity index (χ3n) is 2.78. The molecule has 0 aliphatic carbocycles. The Labute approximate surface area is 106 Å². The van der Waals surface area contributed by atoms with E-state index < -0.39 is 30.1 Å². The van der Waals surface area contributed by atoms with Crippen LogP contribution in [0.5, 0.6) is 0 Å². The molecule has 1 atom stereocenters. The molecule has 18 heavy (non-hydrogen) atoms. The van der Waals surface area contributed by atoms with Crippen molar-refractivity contribution in [3.05, 3.63) is 0 Å². The topological polar surface area (TPSA) is 49.8 Å². The summed E-state index contributed by atoms with van der Waals surface area (Å²) in [7, 11) is 0. The van der Waals surface area contributed by atoms with Gasteiger partial charge in [-0.2, -0.15) is 0 Å². The average Bonchev–Trinajstić information content (AvgIpc) is 2.13. The zero-order chi connectivity index (χ0) is 14.0. The molecule has 1 heterocycles. The molecule has 0 spiro atoms. The largest absolute Gasteiger partial charge is 0.444 e. The van der Waals surface area contributed by atoms with Gasteiger partial charge < -0.3 is 14.7 Å². The molecule has 1 saturated heterocycles. The highest BCUT2D eigenvalue weighted by Crippen LogP contribution is 2.33. The number of rotatable bonds is 2. The highest BCUT2D eigenvalue weighted by Gasteiger charge is 2.42. The molecule has 1 aliphatic rings. The zero-order valence-corrected chi connectivity index (χ0v) is 11.1. The van der Waals surface area contributed by atoms with Crippen molar-refractivity contribution >= 4 is 6.09 Å². The summed E-state index contributed by atoms with van der Waals surface area (Å²) >= 11 is 0. The fraction of sp³-hybridized carbons (Fsp3) is 0.917. The molecule has 0 radical (unpaired) electrons. The van der Waals surface area contributed by atoms with Crippen LogP contribution in [0.15, 0.2) is 0 Å². The molecule has 1 rings (SSSR count). The van der Waals surface area contributed by atoms with Crippen molar-refractivity contribution in [2.24, 2.45) is 0 Å². The van der Waals surface area contributed by atoms with Crippen LogP contribution in [-0.2, 0) is 4.74 Å². The maximum atomic E-state index is 13.3. The molecule has 0 aromatic heterocycles. The van der Waals surface area contributed by atoms with Crippen LogP contribution in [0.3, 0.4) is 0 Å². The average molecular weight is 265 g/mol. The number of hydrogen-bond acceptors (Lipinski definition) is 3. The molecular formula is C12H21F2NO3. The number of halogens is 2. The third-order valence-corrected chi connectivity index (χ3v) is 2.78. The fourth-order valence-corrected chi connectivity index (χ4v) is 1.99. The summed E-state index contributed by atoms with van der Waals surface area (Å²) in [5.74, 6) is -2.77. The Hall–Kier alpha value is -0.910. The number of aliphatic hydroxyl groups excluding tert-OH is 1. The van der Waals surface area contributed by atoms with E-state index in [1.807, 2.05) is 0 Å². The van der Waals surface area contributed by atoms with Gasteiger partial charge in [0.15, 0.2) is 0 Å². The third kappa shape index (κ3) is 4.40. The number of carbonyl (C=O) groups is 1. The van der Waals surface area contributed by atoms with E-state index in [0.717, 1.165) is 0 Å². The van der Waals surface area contributed by atoms with Crippen LogP contribution in [-0.4, -0.2) is 46.8 Å². The maximum absolute atomic E-state index is 13.3. The minimum absolute atomic E-state index is 0.0351. The monoisotopic (exact) mass is 265 g/mol. The zero-order valence-electron chi connectivity index (χ0n) is 11.1. The Balaban J connectivity index is 2.70. The Morgan fingerprint density at radius 1 is 1.50 bits per heavy atom. The van der Waals surface area contributed by atoms with Gasteiger partial charge in [-0.15, -0.1) is 0 Å². The highest BCUT2D eigenvalue weighted by molar-refractivity contribution is 5.68. The first-order chi connectivity index (χ1) is 8.14. The highest BCUT2D eigenvalue weighted by atomic mass is 19.3. The maximum Gasteiger partial charge on any atom is 0.410 e. The molecule has 1 amide bonds. The van der Waals surface area contributed by atoms with Crippen LogP contribution in [0.1, 0.15) is 40.0 Å². The van der Waals surface area contributed by atoms with Crippen LogP contribution >= 0.6 is 0 Å². The van der Waals surface area contributed by atoms with E-state index in [1.165, 1.54) is 4.90 Å². The quantitative estimate of drug-likeness (QED) is 0.834. The molecule has 106 valence electrons. The second-order valence-electron chi connectivity index (χ2n) is 5.65. The summed E-state index contributed by atoms with van der Waals surface area (Å²) in [6, 6.07) is -0.659. The van der Waals surface area contributed by atoms with Crippen molar-refractivity contribution in [2.75, 3.05) is 13.2 Å². The van der Waals surface area contributed by atoms with Crippen LogP contribution in [0.2, 0.25) is 0 Å². The van der Waals surface area contributed by atoms with Gasteiger partial charge in [-0.3, -0.25) is 0 Å². The van der Waals surface area contributed by atoms with Crippen LogP contribution in [0.25, 0.3) is 0 Å². The number of alkyl halides is 2. The molecule has 0 bridgehead atoms. The molecule has 4 nitrogen and oxygen atoms in total. The molecule has 0 aromatic carbocycles. The summed E-state index contributed by atoms with van der Waals surface area (Å²) in [5, 5.41) is 8.90. The second-order valence-corrected chi connectivity index (χ2v) is 5.65. The summed E-state index contributed by atoms with van der Waals surface area (Å²) < 4.78 is 31.8. The lowest BCUT2D eigenvalue weighted by Crippen LogP contribution is -2.51. The van der Waals surface area contributed by atoms with Gasteiger partial charge in [0.05, 0.1) is 0 Å². The van der Waals surface area contributed by atoms with Gasteiger partial charge in [0, 0.05) is 32.0 Å². The first-order valence-corrected chi connectivity index (χ1v) is 6.13. The molecule has 0 saturated carbocycles. The van der Waals surface area contributed by atoms with Gasteiger partial charge in [-0.25, -0.2) is 13.6 Å². The standard InChI is InChI=1S/C12H21F2NO3/c1-11(2,3)18-10(17)15-6-5-12(13,14)8-9(15)4-7-16/h9,16H,4-8H2,1-3H3/t9-/m0/s1. The van der Waals surface area contributed by atoms with Gasteiger partial charge >= 0.3 is 6.09 Å². The summed E-state index contributed by atoms with van der Waals surface area (Å²) in [4.78, 5) is 13.2. The SMILES string of the molecule is CC(C)(C)OC(=O)N1CCC(F)(F)C[C@@H]1CCO. The molecule has 1 fully saturated rings. The Morgan fingerprint density at radius 3 is 2.61 bits per heavy atom. The van der Waals surface area contributed by atoms with E-state index in [-0.39, 0.29) is 26.0 Å². The van der Waals surface area contributed by atoms with E-state index in [4.69, 9.17) is 9.84 Å². The van der Waals surface area contributed by atoms with Crippen LogP contribution in [0.4, 0.5) is 13.6 Å². The predicted molar refractivity (Wildman–Crippen MR) is 62.6 cm³/mol. The molecule has 6 heteroatoms. The van der Waals surface area contributed by atoms with Gasteiger partial charge in [0.1, 0.15) is 5.60 Å². The lowest BCUT2D eigenvalue weighted by Gasteiger charge is -2.39. The Kier molecular flexibility index (Phi) is 4.53. The molecule has 1 N–H and O–H groups in total. The molecular weight excluding hydrogens is 244 g/mol. The number of ether oxygens (including phenoxy) is 1. The van der Waals surface area contributed by atoms with Crippen LogP contribution < -0.4 is 0 Å². The minimum Gasteiger partial charge on any atom is -0.444 e. The van der Waals surface area contributed by atoms with E-state index in [2.05, 4.69) is 0 Å². The summed E-state index contributed by atoms with van der Waals surface area (Å²) in [5.41, 5.74) is -0.652. The van der Waals surface area contributed by atoms with Crippen molar-refractivity contribution in [1.29, 1.82) is 0 Å². The van der Waals surface area contributed by atoms with E-state index in [1.54, 1.807) is 20.8 Å². The molecule has 0 aromatic rings. The Bertz CT molecular complexity index is 302. The van der Waals surface area contributed by atoms with Crippen molar-refractivity contribution in [3.63, 3.8) is 0 Å². The van der Waals surface area contributed by atoms with Gasteiger partial charge in [-0.05, 0) is 27.2 Å². The number of hydrogen-bond donors (Lipinski definition) is 1. The van der Waals surface area contributed by atoms with Crippen molar-refractivity contribution < 1.29 is 23.4 Å². The van der Waals surface area contributed by atoms with Gasteiger partial charge in [0.25, 0.3) is 5.92 Å². The van der Waals surface area contributed by atoms with E-state index in [9.17, 15) is 13.6 Å². The first kappa shape index (κ1) is 15.1. The predicted octanol–water partition coefficient (Wildman–Crippen LogP) is 2.40.